The van der Waals surface area contributed by atoms with Crippen LogP contribution in [0.15, 0.2) is 54.6 Å². The predicted octanol–water partition coefficient (Wildman–Crippen LogP) is 7.20. The van der Waals surface area contributed by atoms with E-state index in [1.165, 1.54) is 16.7 Å². The van der Waals surface area contributed by atoms with Crippen LogP contribution < -0.4 is 0 Å². The highest BCUT2D eigenvalue weighted by Crippen LogP contribution is 2.37. The van der Waals surface area contributed by atoms with Crippen molar-refractivity contribution in [3.05, 3.63) is 71.3 Å². The minimum absolute atomic E-state index is 0.0403. The van der Waals surface area contributed by atoms with Crippen LogP contribution in [0.1, 0.15) is 93.7 Å². The smallest absolute Gasteiger partial charge is 0.309 e. The topological polar surface area (TPSA) is 35.5 Å². The summed E-state index contributed by atoms with van der Waals surface area (Å²) >= 11 is 0. The zero-order valence-corrected chi connectivity index (χ0v) is 20.4. The lowest BCUT2D eigenvalue weighted by molar-refractivity contribution is -0.158. The molecular weight excluding hydrogens is 408 g/mol. The van der Waals surface area contributed by atoms with Gasteiger partial charge in [0, 0.05) is 6.61 Å². The molecule has 0 aromatic heterocycles. The molecule has 2 aromatic rings. The molecule has 0 saturated heterocycles. The van der Waals surface area contributed by atoms with Crippen molar-refractivity contribution in [2.75, 3.05) is 6.61 Å². The van der Waals surface area contributed by atoms with Crippen LogP contribution in [0.4, 0.5) is 0 Å². The fourth-order valence-corrected chi connectivity index (χ4v) is 5.65. The highest BCUT2D eigenvalue weighted by molar-refractivity contribution is 5.72. The van der Waals surface area contributed by atoms with Gasteiger partial charge in [-0.05, 0) is 93.2 Å². The maximum Gasteiger partial charge on any atom is 0.309 e. The van der Waals surface area contributed by atoms with E-state index in [0.717, 1.165) is 64.4 Å². The molecule has 3 nitrogen and oxygen atoms in total. The van der Waals surface area contributed by atoms with Crippen LogP contribution in [0.3, 0.4) is 0 Å². The average molecular weight is 449 g/mol. The summed E-state index contributed by atoms with van der Waals surface area (Å²) in [4.78, 5) is 12.7. The number of ether oxygens (including phenoxy) is 2. The van der Waals surface area contributed by atoms with Crippen molar-refractivity contribution >= 4 is 5.97 Å². The molecule has 178 valence electrons. The molecule has 0 bridgehead atoms. The quantitative estimate of drug-likeness (QED) is 0.401. The summed E-state index contributed by atoms with van der Waals surface area (Å²) < 4.78 is 11.6. The van der Waals surface area contributed by atoms with Crippen LogP contribution in [-0.2, 0) is 20.7 Å². The summed E-state index contributed by atoms with van der Waals surface area (Å²) in [6, 6.07) is 20.0. The third kappa shape index (κ3) is 6.69. The van der Waals surface area contributed by atoms with E-state index < -0.39 is 0 Å². The summed E-state index contributed by atoms with van der Waals surface area (Å²) in [6.45, 7) is 5.12. The third-order valence-corrected chi connectivity index (χ3v) is 7.73. The molecule has 4 rings (SSSR count). The fourth-order valence-electron chi connectivity index (χ4n) is 5.65. The Kier molecular flexibility index (Phi) is 8.61. The van der Waals surface area contributed by atoms with Gasteiger partial charge in [-0.3, -0.25) is 4.79 Å². The normalized spacial score (nSPS) is 26.5. The van der Waals surface area contributed by atoms with E-state index in [9.17, 15) is 4.79 Å². The molecule has 2 saturated carbocycles. The molecule has 2 aliphatic rings. The Morgan fingerprint density at radius 1 is 0.848 bits per heavy atom. The standard InChI is InChI=1S/C30H40O3/c1-3-32-28-17-19-29(20-18-28)33-30(31)27-15-13-26(14-16-27)25-11-9-23(10-12-25)21-22(2)24-7-5-4-6-8-24/h4-12,22,26-29H,3,13-21H2,1-2H3. The van der Waals surface area contributed by atoms with E-state index in [1.807, 2.05) is 6.92 Å². The van der Waals surface area contributed by atoms with Crippen LogP contribution >= 0.6 is 0 Å². The number of hydrogen-bond donors (Lipinski definition) is 0. The lowest BCUT2D eigenvalue weighted by Gasteiger charge is -2.31. The molecule has 2 aliphatic carbocycles. The molecule has 0 N–H and O–H groups in total. The Labute approximate surface area is 199 Å². The number of carbonyl (C=O) groups excluding carboxylic acids is 1. The van der Waals surface area contributed by atoms with Crippen molar-refractivity contribution in [2.24, 2.45) is 5.92 Å². The number of esters is 1. The van der Waals surface area contributed by atoms with E-state index >= 15 is 0 Å². The summed E-state index contributed by atoms with van der Waals surface area (Å²) in [5.74, 6) is 1.21. The summed E-state index contributed by atoms with van der Waals surface area (Å²) in [5, 5.41) is 0. The molecule has 2 aromatic carbocycles. The maximum absolute atomic E-state index is 12.7. The van der Waals surface area contributed by atoms with Crippen LogP contribution in [0.2, 0.25) is 0 Å². The van der Waals surface area contributed by atoms with E-state index in [0.29, 0.717) is 17.9 Å². The van der Waals surface area contributed by atoms with Gasteiger partial charge in [0.1, 0.15) is 6.10 Å². The molecule has 1 unspecified atom stereocenters. The Hall–Kier alpha value is -2.13. The van der Waals surface area contributed by atoms with Crippen LogP contribution in [0, 0.1) is 5.92 Å². The second kappa shape index (κ2) is 11.8. The zero-order chi connectivity index (χ0) is 23.0. The lowest BCUT2D eigenvalue weighted by atomic mass is 9.78. The molecule has 0 amide bonds. The van der Waals surface area contributed by atoms with Crippen LogP contribution in [0.5, 0.6) is 0 Å². The van der Waals surface area contributed by atoms with E-state index in [4.69, 9.17) is 9.47 Å². The Morgan fingerprint density at radius 2 is 1.48 bits per heavy atom. The highest BCUT2D eigenvalue weighted by atomic mass is 16.5. The van der Waals surface area contributed by atoms with Crippen LogP contribution in [0.25, 0.3) is 0 Å². The largest absolute Gasteiger partial charge is 0.462 e. The van der Waals surface area contributed by atoms with Crippen molar-refractivity contribution in [3.63, 3.8) is 0 Å². The van der Waals surface area contributed by atoms with Gasteiger partial charge in [-0.1, -0.05) is 61.5 Å². The van der Waals surface area contributed by atoms with Gasteiger partial charge >= 0.3 is 5.97 Å². The van der Waals surface area contributed by atoms with E-state index in [2.05, 4.69) is 61.5 Å². The van der Waals surface area contributed by atoms with Crippen molar-refractivity contribution in [2.45, 2.75) is 95.7 Å². The SMILES string of the molecule is CCOC1CCC(OC(=O)C2CCC(c3ccc(CC(C)c4ccccc4)cc3)CC2)CC1. The van der Waals surface area contributed by atoms with E-state index in [1.54, 1.807) is 0 Å². The molecule has 2 fully saturated rings. The molecule has 0 radical (unpaired) electrons. The maximum atomic E-state index is 12.7. The molecule has 3 heteroatoms. The van der Waals surface area contributed by atoms with Gasteiger partial charge in [-0.2, -0.15) is 0 Å². The fraction of sp³-hybridized carbons (Fsp3) is 0.567. The Balaban J connectivity index is 1.21. The van der Waals surface area contributed by atoms with Gasteiger partial charge in [-0.25, -0.2) is 0 Å². The van der Waals surface area contributed by atoms with Gasteiger partial charge in [0.2, 0.25) is 0 Å². The first-order valence-corrected chi connectivity index (χ1v) is 13.1. The Bertz CT molecular complexity index is 844. The number of hydrogen-bond acceptors (Lipinski definition) is 3. The van der Waals surface area contributed by atoms with Crippen molar-refractivity contribution in [1.29, 1.82) is 0 Å². The van der Waals surface area contributed by atoms with E-state index in [-0.39, 0.29) is 18.0 Å². The first-order chi connectivity index (χ1) is 16.1. The minimum Gasteiger partial charge on any atom is -0.462 e. The van der Waals surface area contributed by atoms with Crippen molar-refractivity contribution in [3.8, 4) is 0 Å². The van der Waals surface area contributed by atoms with Gasteiger partial charge in [0.25, 0.3) is 0 Å². The minimum atomic E-state index is 0.0403. The van der Waals surface area contributed by atoms with Gasteiger partial charge in [-0.15, -0.1) is 0 Å². The number of carbonyl (C=O) groups is 1. The summed E-state index contributed by atoms with van der Waals surface area (Å²) in [6.07, 6.45) is 9.49. The molecule has 0 spiro atoms. The monoisotopic (exact) mass is 448 g/mol. The molecule has 0 aliphatic heterocycles. The Morgan fingerprint density at radius 3 is 2.12 bits per heavy atom. The van der Waals surface area contributed by atoms with Gasteiger partial charge < -0.3 is 9.47 Å². The molecule has 1 atom stereocenters. The van der Waals surface area contributed by atoms with Gasteiger partial charge in [0.15, 0.2) is 0 Å². The second-order valence-corrected chi connectivity index (χ2v) is 10.1. The second-order valence-electron chi connectivity index (χ2n) is 10.1. The molecule has 0 heterocycles. The lowest BCUT2D eigenvalue weighted by Crippen LogP contribution is -2.31. The van der Waals surface area contributed by atoms with Gasteiger partial charge in [0.05, 0.1) is 12.0 Å². The zero-order valence-electron chi connectivity index (χ0n) is 20.4. The number of rotatable bonds is 8. The predicted molar refractivity (Wildman–Crippen MR) is 133 cm³/mol. The van der Waals surface area contributed by atoms with Crippen molar-refractivity contribution in [1.82, 2.24) is 0 Å². The highest BCUT2D eigenvalue weighted by Gasteiger charge is 2.31. The average Bonchev–Trinajstić information content (AvgIpc) is 2.86. The molecule has 33 heavy (non-hydrogen) atoms. The number of benzene rings is 2. The first-order valence-electron chi connectivity index (χ1n) is 13.1. The van der Waals surface area contributed by atoms with Crippen LogP contribution in [-0.4, -0.2) is 24.8 Å². The van der Waals surface area contributed by atoms with Crippen molar-refractivity contribution < 1.29 is 14.3 Å². The molecular formula is C30H40O3. The summed E-state index contributed by atoms with van der Waals surface area (Å²) in [7, 11) is 0. The summed E-state index contributed by atoms with van der Waals surface area (Å²) in [5.41, 5.74) is 4.22. The third-order valence-electron chi connectivity index (χ3n) is 7.73. The first kappa shape index (κ1) is 24.0.